The average molecular weight is 245 g/mol. The van der Waals surface area contributed by atoms with E-state index in [0.29, 0.717) is 6.42 Å². The number of carboxylic acids is 1. The third-order valence-corrected chi connectivity index (χ3v) is 2.68. The Morgan fingerprint density at radius 2 is 2.12 bits per heavy atom. The third-order valence-electron chi connectivity index (χ3n) is 2.35. The van der Waals surface area contributed by atoms with Gasteiger partial charge in [0.15, 0.2) is 0 Å². The summed E-state index contributed by atoms with van der Waals surface area (Å²) in [4.78, 5) is 11.1. The fraction of sp³-hybridized carbons (Fsp3) is 0.417. The van der Waals surface area contributed by atoms with Gasteiger partial charge in [-0.2, -0.15) is 0 Å². The molecule has 0 aliphatic heterocycles. The first-order valence-corrected chi connectivity index (χ1v) is 5.48. The quantitative estimate of drug-likeness (QED) is 0.877. The summed E-state index contributed by atoms with van der Waals surface area (Å²) >= 11 is 5.85. The summed E-state index contributed by atoms with van der Waals surface area (Å²) in [6, 6.07) is 4.21. The lowest BCUT2D eigenvalue weighted by molar-refractivity contribution is -0.139. The highest BCUT2D eigenvalue weighted by atomic mass is 35.5. The average Bonchev–Trinajstić information content (AvgIpc) is 2.15. The van der Waals surface area contributed by atoms with Crippen molar-refractivity contribution in [3.8, 4) is 0 Å². The van der Waals surface area contributed by atoms with Crippen LogP contribution >= 0.6 is 11.6 Å². The van der Waals surface area contributed by atoms with Gasteiger partial charge >= 0.3 is 5.97 Å². The molecule has 0 aliphatic rings. The summed E-state index contributed by atoms with van der Waals surface area (Å²) in [7, 11) is 0. The zero-order valence-corrected chi connectivity index (χ0v) is 9.96. The molecule has 0 aromatic heterocycles. The van der Waals surface area contributed by atoms with Crippen molar-refractivity contribution >= 4 is 17.6 Å². The van der Waals surface area contributed by atoms with Crippen LogP contribution in [0.25, 0.3) is 0 Å². The van der Waals surface area contributed by atoms with Crippen molar-refractivity contribution in [3.63, 3.8) is 0 Å². The van der Waals surface area contributed by atoms with Gasteiger partial charge in [-0.15, -0.1) is 0 Å². The van der Waals surface area contributed by atoms with E-state index in [-0.39, 0.29) is 16.5 Å². The zero-order chi connectivity index (χ0) is 12.3. The lowest BCUT2D eigenvalue weighted by atomic mass is 9.90. The molecule has 1 aromatic rings. The maximum Gasteiger partial charge on any atom is 0.311 e. The molecule has 2 nitrogen and oxygen atoms in total. The van der Waals surface area contributed by atoms with E-state index < -0.39 is 17.7 Å². The van der Waals surface area contributed by atoms with Crippen LogP contribution in [0.5, 0.6) is 0 Å². The molecule has 0 heterocycles. The van der Waals surface area contributed by atoms with Gasteiger partial charge in [-0.25, -0.2) is 4.39 Å². The number of hydrogen-bond acceptors (Lipinski definition) is 1. The first kappa shape index (κ1) is 13.0. The minimum absolute atomic E-state index is 0.0883. The molecule has 1 rings (SSSR count). The molecule has 4 heteroatoms. The molecule has 1 aromatic carbocycles. The molecule has 0 saturated heterocycles. The van der Waals surface area contributed by atoms with Gasteiger partial charge in [0.05, 0.1) is 5.92 Å². The van der Waals surface area contributed by atoms with E-state index >= 15 is 0 Å². The maximum atomic E-state index is 13.6. The summed E-state index contributed by atoms with van der Waals surface area (Å²) in [6.45, 7) is 3.79. The van der Waals surface area contributed by atoms with E-state index in [9.17, 15) is 9.18 Å². The maximum absolute atomic E-state index is 13.6. The van der Waals surface area contributed by atoms with Gasteiger partial charge < -0.3 is 5.11 Å². The van der Waals surface area contributed by atoms with Gasteiger partial charge in [0, 0.05) is 10.6 Å². The summed E-state index contributed by atoms with van der Waals surface area (Å²) in [6.07, 6.45) is 0.371. The van der Waals surface area contributed by atoms with Gasteiger partial charge in [-0.1, -0.05) is 31.5 Å². The molecule has 0 spiro atoms. The molecule has 0 fully saturated rings. The van der Waals surface area contributed by atoms with Crippen LogP contribution in [0.4, 0.5) is 4.39 Å². The Hall–Kier alpha value is -1.09. The summed E-state index contributed by atoms with van der Waals surface area (Å²) < 4.78 is 13.6. The number of carbonyl (C=O) groups is 1. The molecule has 0 saturated carbocycles. The van der Waals surface area contributed by atoms with Crippen LogP contribution in [0.3, 0.4) is 0 Å². The Balaban J connectivity index is 3.15. The highest BCUT2D eigenvalue weighted by Gasteiger charge is 2.26. The van der Waals surface area contributed by atoms with Gasteiger partial charge in [0.1, 0.15) is 5.82 Å². The predicted octanol–water partition coefficient (Wildman–Crippen LogP) is 3.69. The second-order valence-corrected chi connectivity index (χ2v) is 4.56. The van der Waals surface area contributed by atoms with Crippen molar-refractivity contribution in [1.82, 2.24) is 0 Å². The molecular weight excluding hydrogens is 231 g/mol. The second-order valence-electron chi connectivity index (χ2n) is 4.16. The summed E-state index contributed by atoms with van der Waals surface area (Å²) in [5, 5.41) is 9.27. The van der Waals surface area contributed by atoms with Gasteiger partial charge in [0.2, 0.25) is 0 Å². The van der Waals surface area contributed by atoms with E-state index in [4.69, 9.17) is 16.7 Å². The standard InChI is InChI=1S/C12H14ClFO2/c1-7(2)6-8(12(15)16)11-9(13)4-3-5-10(11)14/h3-5,7-8H,6H2,1-2H3,(H,15,16). The van der Waals surface area contributed by atoms with Crippen LogP contribution in [-0.2, 0) is 4.79 Å². The van der Waals surface area contributed by atoms with Gasteiger partial charge in [0.25, 0.3) is 0 Å². The number of carboxylic acid groups (broad SMARTS) is 1. The molecule has 0 bridgehead atoms. The van der Waals surface area contributed by atoms with Crippen molar-refractivity contribution in [3.05, 3.63) is 34.6 Å². The molecule has 0 radical (unpaired) electrons. The van der Waals surface area contributed by atoms with E-state index in [2.05, 4.69) is 0 Å². The monoisotopic (exact) mass is 244 g/mol. The van der Waals surface area contributed by atoms with Crippen molar-refractivity contribution < 1.29 is 14.3 Å². The van der Waals surface area contributed by atoms with Gasteiger partial charge in [-0.05, 0) is 24.5 Å². The first-order valence-electron chi connectivity index (χ1n) is 5.10. The number of halogens is 2. The van der Waals surface area contributed by atoms with Crippen LogP contribution in [0.1, 0.15) is 31.7 Å². The molecule has 88 valence electrons. The third kappa shape index (κ3) is 2.95. The highest BCUT2D eigenvalue weighted by molar-refractivity contribution is 6.31. The fourth-order valence-electron chi connectivity index (χ4n) is 1.66. The van der Waals surface area contributed by atoms with Crippen molar-refractivity contribution in [2.24, 2.45) is 5.92 Å². The Kier molecular flexibility index (Phi) is 4.30. The van der Waals surface area contributed by atoms with Crippen molar-refractivity contribution in [2.45, 2.75) is 26.2 Å². The zero-order valence-electron chi connectivity index (χ0n) is 9.21. The predicted molar refractivity (Wildman–Crippen MR) is 61.2 cm³/mol. The number of aliphatic carboxylic acids is 1. The van der Waals surface area contributed by atoms with Crippen LogP contribution in [0.15, 0.2) is 18.2 Å². The lowest BCUT2D eigenvalue weighted by Crippen LogP contribution is -2.16. The normalized spacial score (nSPS) is 12.8. The number of benzene rings is 1. The van der Waals surface area contributed by atoms with Gasteiger partial charge in [-0.3, -0.25) is 4.79 Å². The minimum atomic E-state index is -1.04. The fourth-order valence-corrected chi connectivity index (χ4v) is 1.95. The SMILES string of the molecule is CC(C)CC(C(=O)O)c1c(F)cccc1Cl. The van der Waals surface area contributed by atoms with Crippen LogP contribution in [0.2, 0.25) is 5.02 Å². The van der Waals surface area contributed by atoms with Crippen LogP contribution in [-0.4, -0.2) is 11.1 Å². The largest absolute Gasteiger partial charge is 0.481 e. The highest BCUT2D eigenvalue weighted by Crippen LogP contribution is 2.31. The second kappa shape index (κ2) is 5.30. The first-order chi connectivity index (χ1) is 7.43. The Bertz CT molecular complexity index is 370. The van der Waals surface area contributed by atoms with E-state index in [1.165, 1.54) is 18.2 Å². The van der Waals surface area contributed by atoms with E-state index in [0.717, 1.165) is 0 Å². The minimum Gasteiger partial charge on any atom is -0.481 e. The molecular formula is C12H14ClFO2. The molecule has 0 aliphatic carbocycles. The molecule has 1 atom stereocenters. The topological polar surface area (TPSA) is 37.3 Å². The molecule has 16 heavy (non-hydrogen) atoms. The lowest BCUT2D eigenvalue weighted by Gasteiger charge is -2.16. The van der Waals surface area contributed by atoms with Crippen LogP contribution in [0, 0.1) is 11.7 Å². The van der Waals surface area contributed by atoms with E-state index in [1.807, 2.05) is 13.8 Å². The number of rotatable bonds is 4. The summed E-state index contributed by atoms with van der Waals surface area (Å²) in [5.74, 6) is -2.31. The van der Waals surface area contributed by atoms with Crippen LogP contribution < -0.4 is 0 Å². The Labute approximate surface area is 99.0 Å². The smallest absolute Gasteiger partial charge is 0.311 e. The molecule has 1 N–H and O–H groups in total. The Morgan fingerprint density at radius 1 is 1.50 bits per heavy atom. The number of hydrogen-bond donors (Lipinski definition) is 1. The van der Waals surface area contributed by atoms with Crippen molar-refractivity contribution in [2.75, 3.05) is 0 Å². The molecule has 0 amide bonds. The van der Waals surface area contributed by atoms with E-state index in [1.54, 1.807) is 0 Å². The molecule has 1 unspecified atom stereocenters. The summed E-state index contributed by atoms with van der Waals surface area (Å²) in [5.41, 5.74) is 0.0883. The van der Waals surface area contributed by atoms with Crippen molar-refractivity contribution in [1.29, 1.82) is 0 Å². The Morgan fingerprint density at radius 3 is 2.56 bits per heavy atom.